The van der Waals surface area contributed by atoms with Crippen LogP contribution >= 0.6 is 0 Å². The van der Waals surface area contributed by atoms with Crippen LogP contribution in [0.1, 0.15) is 53.5 Å². The second kappa shape index (κ2) is 5.47. The van der Waals surface area contributed by atoms with E-state index in [0.29, 0.717) is 5.92 Å². The summed E-state index contributed by atoms with van der Waals surface area (Å²) in [7, 11) is 0. The van der Waals surface area contributed by atoms with E-state index in [1.165, 1.54) is 44.0 Å². The van der Waals surface area contributed by atoms with Gasteiger partial charge in [-0.05, 0) is 56.1 Å². The Labute approximate surface area is 123 Å². The third kappa shape index (κ3) is 2.77. The largest absolute Gasteiger partial charge is 0.478 e. The van der Waals surface area contributed by atoms with Crippen molar-refractivity contribution >= 4 is 11.9 Å². The van der Waals surface area contributed by atoms with E-state index in [0.717, 1.165) is 11.8 Å². The van der Waals surface area contributed by atoms with Crippen molar-refractivity contribution in [2.45, 2.75) is 38.6 Å². The topological polar surface area (TPSA) is 79.3 Å². The maximum atomic E-state index is 12.2. The Morgan fingerprint density at radius 2 is 2.14 bits per heavy atom. The minimum absolute atomic E-state index is 0.0905. The number of carboxylic acid groups (broad SMARTS) is 1. The van der Waals surface area contributed by atoms with Crippen molar-refractivity contribution in [1.29, 1.82) is 0 Å². The summed E-state index contributed by atoms with van der Waals surface area (Å²) in [5.74, 6) is 0.929. The number of rotatable bonds is 4. The van der Waals surface area contributed by atoms with E-state index in [1.54, 1.807) is 0 Å². The van der Waals surface area contributed by atoms with E-state index in [2.05, 4.69) is 17.2 Å². The number of carboxylic acids is 1. The van der Waals surface area contributed by atoms with Gasteiger partial charge in [-0.1, -0.05) is 6.42 Å². The van der Waals surface area contributed by atoms with Crippen LogP contribution in [0.3, 0.4) is 0 Å². The smallest absolute Gasteiger partial charge is 0.337 e. The minimum Gasteiger partial charge on any atom is -0.478 e. The highest BCUT2D eigenvalue weighted by Crippen LogP contribution is 2.49. The first-order valence-electron chi connectivity index (χ1n) is 7.55. The Morgan fingerprint density at radius 3 is 2.67 bits per heavy atom. The fourth-order valence-electron chi connectivity index (χ4n) is 3.95. The van der Waals surface area contributed by atoms with E-state index >= 15 is 0 Å². The average molecular weight is 288 g/mol. The second-order valence-corrected chi connectivity index (χ2v) is 6.34. The van der Waals surface area contributed by atoms with Crippen LogP contribution < -0.4 is 5.32 Å². The van der Waals surface area contributed by atoms with Gasteiger partial charge in [-0.2, -0.15) is 0 Å². The zero-order valence-electron chi connectivity index (χ0n) is 12.1. The van der Waals surface area contributed by atoms with E-state index in [1.807, 2.05) is 0 Å². The summed E-state index contributed by atoms with van der Waals surface area (Å²) in [5.41, 5.74) is 0.364. The molecule has 112 valence electrons. The molecule has 2 aliphatic carbocycles. The maximum Gasteiger partial charge on any atom is 0.337 e. The highest BCUT2D eigenvalue weighted by Gasteiger charge is 2.42. The Kier molecular flexibility index (Phi) is 3.66. The molecule has 0 saturated heterocycles. The molecule has 1 heterocycles. The third-order valence-electron chi connectivity index (χ3n) is 5.04. The molecule has 3 rings (SSSR count). The molecule has 5 heteroatoms. The summed E-state index contributed by atoms with van der Waals surface area (Å²) in [6, 6.07) is 3.02. The van der Waals surface area contributed by atoms with Gasteiger partial charge in [-0.3, -0.25) is 9.78 Å². The van der Waals surface area contributed by atoms with Crippen molar-refractivity contribution in [3.05, 3.63) is 29.6 Å². The van der Waals surface area contributed by atoms with Crippen LogP contribution in [0.25, 0.3) is 0 Å². The number of fused-ring (bicyclic) bond motifs is 2. The number of hydrogen-bond donors (Lipinski definition) is 2. The predicted octanol–water partition coefficient (Wildman–Crippen LogP) is 2.33. The lowest BCUT2D eigenvalue weighted by atomic mass is 9.84. The zero-order valence-corrected chi connectivity index (χ0v) is 12.1. The van der Waals surface area contributed by atoms with Crippen molar-refractivity contribution in [1.82, 2.24) is 10.3 Å². The van der Waals surface area contributed by atoms with Gasteiger partial charge in [-0.25, -0.2) is 4.79 Å². The molecule has 1 aromatic heterocycles. The van der Waals surface area contributed by atoms with Crippen LogP contribution in [0.2, 0.25) is 0 Å². The van der Waals surface area contributed by atoms with Gasteiger partial charge in [0.05, 0.1) is 5.56 Å². The number of aromatic nitrogens is 1. The zero-order chi connectivity index (χ0) is 15.0. The Morgan fingerprint density at radius 1 is 1.33 bits per heavy atom. The molecule has 4 unspecified atom stereocenters. The van der Waals surface area contributed by atoms with Gasteiger partial charge in [0.2, 0.25) is 0 Å². The van der Waals surface area contributed by atoms with E-state index < -0.39 is 5.97 Å². The van der Waals surface area contributed by atoms with Gasteiger partial charge in [0, 0.05) is 12.2 Å². The number of aromatic carboxylic acids is 1. The van der Waals surface area contributed by atoms with Crippen LogP contribution in [0.15, 0.2) is 18.3 Å². The number of nitrogens with zero attached hydrogens (tertiary/aromatic N) is 1. The van der Waals surface area contributed by atoms with Gasteiger partial charge >= 0.3 is 5.97 Å². The summed E-state index contributed by atoms with van der Waals surface area (Å²) < 4.78 is 0. The quantitative estimate of drug-likeness (QED) is 0.891. The monoisotopic (exact) mass is 288 g/mol. The molecule has 2 fully saturated rings. The van der Waals surface area contributed by atoms with E-state index in [9.17, 15) is 9.59 Å². The van der Waals surface area contributed by atoms with Crippen LogP contribution in [-0.4, -0.2) is 28.0 Å². The van der Waals surface area contributed by atoms with Crippen LogP contribution in [0, 0.1) is 17.8 Å². The van der Waals surface area contributed by atoms with Crippen molar-refractivity contribution in [2.75, 3.05) is 0 Å². The first kappa shape index (κ1) is 14.0. The van der Waals surface area contributed by atoms with Crippen molar-refractivity contribution in [3.8, 4) is 0 Å². The van der Waals surface area contributed by atoms with Crippen molar-refractivity contribution in [3.63, 3.8) is 0 Å². The number of carbonyl (C=O) groups excluding carboxylic acids is 1. The number of amides is 1. The Balaban J connectivity index is 1.61. The SMILES string of the molecule is CC(NC(=O)c1ccc(C(=O)O)cn1)C1CC2CCC1C2. The molecule has 4 atom stereocenters. The highest BCUT2D eigenvalue weighted by molar-refractivity contribution is 5.93. The molecule has 0 aromatic carbocycles. The Hall–Kier alpha value is -1.91. The molecule has 21 heavy (non-hydrogen) atoms. The normalized spacial score (nSPS) is 28.3. The summed E-state index contributed by atoms with van der Waals surface area (Å²) in [6.07, 6.45) is 6.40. The molecule has 2 N–H and O–H groups in total. The highest BCUT2D eigenvalue weighted by atomic mass is 16.4. The van der Waals surface area contributed by atoms with Crippen LogP contribution in [0.5, 0.6) is 0 Å². The molecule has 5 nitrogen and oxygen atoms in total. The molecule has 2 bridgehead atoms. The summed E-state index contributed by atoms with van der Waals surface area (Å²) >= 11 is 0. The number of nitrogens with one attached hydrogen (secondary N) is 1. The van der Waals surface area contributed by atoms with Crippen LogP contribution in [-0.2, 0) is 0 Å². The first-order valence-corrected chi connectivity index (χ1v) is 7.55. The number of carbonyl (C=O) groups is 2. The lowest BCUT2D eigenvalue weighted by Crippen LogP contribution is -2.40. The van der Waals surface area contributed by atoms with Gasteiger partial charge in [0.15, 0.2) is 0 Å². The molecule has 0 spiro atoms. The van der Waals surface area contributed by atoms with Gasteiger partial charge in [0.25, 0.3) is 5.91 Å². The molecule has 1 aromatic rings. The minimum atomic E-state index is -1.04. The predicted molar refractivity (Wildman–Crippen MR) is 77.1 cm³/mol. The summed E-state index contributed by atoms with van der Waals surface area (Å²) in [4.78, 5) is 26.9. The van der Waals surface area contributed by atoms with E-state index in [4.69, 9.17) is 5.11 Å². The fourth-order valence-corrected chi connectivity index (χ4v) is 3.95. The van der Waals surface area contributed by atoms with Crippen LogP contribution in [0.4, 0.5) is 0 Å². The molecule has 0 aliphatic heterocycles. The molecule has 2 saturated carbocycles. The second-order valence-electron chi connectivity index (χ2n) is 6.34. The fraction of sp³-hybridized carbons (Fsp3) is 0.562. The van der Waals surface area contributed by atoms with Gasteiger partial charge in [-0.15, -0.1) is 0 Å². The molecule has 1 amide bonds. The molecular weight excluding hydrogens is 268 g/mol. The standard InChI is InChI=1S/C16H20N2O3/c1-9(13-7-10-2-3-11(13)6-10)18-15(19)14-5-4-12(8-17-14)16(20)21/h4-5,8-11,13H,2-3,6-7H2,1H3,(H,18,19)(H,20,21). The van der Waals surface area contributed by atoms with E-state index in [-0.39, 0.29) is 23.2 Å². The third-order valence-corrected chi connectivity index (χ3v) is 5.04. The number of hydrogen-bond acceptors (Lipinski definition) is 3. The molecule has 2 aliphatic rings. The lowest BCUT2D eigenvalue weighted by molar-refractivity contribution is 0.0695. The summed E-state index contributed by atoms with van der Waals surface area (Å²) in [5, 5.41) is 11.8. The lowest BCUT2D eigenvalue weighted by Gasteiger charge is -2.28. The van der Waals surface area contributed by atoms with Crippen molar-refractivity contribution < 1.29 is 14.7 Å². The first-order chi connectivity index (χ1) is 10.0. The van der Waals surface area contributed by atoms with Gasteiger partial charge < -0.3 is 10.4 Å². The summed E-state index contributed by atoms with van der Waals surface area (Å²) in [6.45, 7) is 2.06. The molecule has 0 radical (unpaired) electrons. The van der Waals surface area contributed by atoms with Crippen molar-refractivity contribution in [2.24, 2.45) is 17.8 Å². The molecular formula is C16H20N2O3. The Bertz CT molecular complexity index is 555. The maximum absolute atomic E-state index is 12.2. The average Bonchev–Trinajstić information content (AvgIpc) is 3.10. The van der Waals surface area contributed by atoms with Gasteiger partial charge in [0.1, 0.15) is 5.69 Å². The number of pyridine rings is 1.